The number of halogens is 2. The van der Waals surface area contributed by atoms with E-state index in [9.17, 15) is 9.59 Å². The molecule has 0 spiro atoms. The minimum absolute atomic E-state index is 0.192. The number of Topliss-reactive ketones (excluding diaryl/α,β-unsaturated/α-hetero) is 1. The average Bonchev–Trinajstić information content (AvgIpc) is 2.29. The van der Waals surface area contributed by atoms with Crippen LogP contribution >= 0.6 is 23.2 Å². The van der Waals surface area contributed by atoms with Crippen molar-refractivity contribution in [2.45, 2.75) is 39.2 Å². The lowest BCUT2D eigenvalue weighted by atomic mass is 9.67. The van der Waals surface area contributed by atoms with Crippen LogP contribution in [0.4, 0.5) is 0 Å². The molecule has 0 bridgehead atoms. The maximum atomic E-state index is 12.7. The molecule has 1 aliphatic heterocycles. The molecule has 0 N–H and O–H groups in total. The summed E-state index contributed by atoms with van der Waals surface area (Å²) in [6.07, 6.45) is 0. The highest BCUT2D eigenvalue weighted by Crippen LogP contribution is 2.45. The third-order valence-electron chi connectivity index (χ3n) is 4.25. The van der Waals surface area contributed by atoms with Crippen LogP contribution in [0.15, 0.2) is 18.2 Å². The monoisotopic (exact) mass is 314 g/mol. The Morgan fingerprint density at radius 3 is 2.25 bits per heavy atom. The standard InChI is InChI=1S/C15H16Cl2O3/c1-14(2)12(18)11(13(19)20-15(14,3)4)9-6-5-8(16)7-10(9)17/h5-7,11H,1-4H3. The lowest BCUT2D eigenvalue weighted by molar-refractivity contribution is -0.186. The number of cyclic esters (lactones) is 1. The maximum absolute atomic E-state index is 12.7. The molecule has 1 heterocycles. The molecule has 1 aromatic carbocycles. The molecule has 1 saturated heterocycles. The summed E-state index contributed by atoms with van der Waals surface area (Å²) in [6, 6.07) is 4.73. The van der Waals surface area contributed by atoms with E-state index in [0.717, 1.165) is 0 Å². The van der Waals surface area contributed by atoms with Gasteiger partial charge >= 0.3 is 5.97 Å². The molecule has 1 unspecified atom stereocenters. The second-order valence-corrected chi connectivity index (χ2v) is 6.86. The van der Waals surface area contributed by atoms with E-state index in [1.165, 1.54) is 6.07 Å². The van der Waals surface area contributed by atoms with Crippen LogP contribution in [0, 0.1) is 5.41 Å². The summed E-state index contributed by atoms with van der Waals surface area (Å²) >= 11 is 12.0. The molecule has 0 aromatic heterocycles. The number of benzene rings is 1. The molecule has 1 aliphatic rings. The number of ketones is 1. The summed E-state index contributed by atoms with van der Waals surface area (Å²) in [5, 5.41) is 0.748. The number of rotatable bonds is 1. The van der Waals surface area contributed by atoms with Crippen molar-refractivity contribution in [2.75, 3.05) is 0 Å². The smallest absolute Gasteiger partial charge is 0.321 e. The molecular formula is C15H16Cl2O3. The quantitative estimate of drug-likeness (QED) is 0.581. The van der Waals surface area contributed by atoms with Gasteiger partial charge in [-0.25, -0.2) is 0 Å². The zero-order valence-electron chi connectivity index (χ0n) is 11.8. The van der Waals surface area contributed by atoms with Crippen molar-refractivity contribution in [3.05, 3.63) is 33.8 Å². The summed E-state index contributed by atoms with van der Waals surface area (Å²) in [7, 11) is 0. The fourth-order valence-electron chi connectivity index (χ4n) is 2.21. The van der Waals surface area contributed by atoms with Crippen molar-refractivity contribution in [1.29, 1.82) is 0 Å². The van der Waals surface area contributed by atoms with Crippen LogP contribution in [-0.4, -0.2) is 17.4 Å². The molecule has 1 atom stereocenters. The van der Waals surface area contributed by atoms with Gasteiger partial charge in [-0.3, -0.25) is 9.59 Å². The SMILES string of the molecule is CC1(C)OC(=O)C(c2ccc(Cl)cc2Cl)C(=O)C1(C)C. The Morgan fingerprint density at radius 2 is 1.70 bits per heavy atom. The van der Waals surface area contributed by atoms with Gasteiger partial charge in [0, 0.05) is 10.0 Å². The van der Waals surface area contributed by atoms with Crippen LogP contribution < -0.4 is 0 Å². The first-order valence-electron chi connectivity index (χ1n) is 6.30. The van der Waals surface area contributed by atoms with Gasteiger partial charge in [0.2, 0.25) is 0 Å². The first-order valence-corrected chi connectivity index (χ1v) is 7.05. The topological polar surface area (TPSA) is 43.4 Å². The Hall–Kier alpha value is -1.06. The molecule has 0 aliphatic carbocycles. The maximum Gasteiger partial charge on any atom is 0.321 e. The molecule has 108 valence electrons. The third kappa shape index (κ3) is 2.23. The van der Waals surface area contributed by atoms with Crippen LogP contribution in [-0.2, 0) is 14.3 Å². The van der Waals surface area contributed by atoms with Crippen molar-refractivity contribution in [1.82, 2.24) is 0 Å². The lowest BCUT2D eigenvalue weighted by Gasteiger charge is -2.45. The summed E-state index contributed by atoms with van der Waals surface area (Å²) < 4.78 is 5.46. The van der Waals surface area contributed by atoms with Crippen molar-refractivity contribution in [3.63, 3.8) is 0 Å². The van der Waals surface area contributed by atoms with Gasteiger partial charge in [0.05, 0.1) is 5.41 Å². The Kier molecular flexibility index (Phi) is 3.64. The molecule has 0 amide bonds. The third-order valence-corrected chi connectivity index (χ3v) is 4.81. The van der Waals surface area contributed by atoms with Crippen LogP contribution in [0.1, 0.15) is 39.2 Å². The fourth-order valence-corrected chi connectivity index (χ4v) is 2.72. The first kappa shape index (κ1) is 15.3. The highest BCUT2D eigenvalue weighted by molar-refractivity contribution is 6.35. The van der Waals surface area contributed by atoms with E-state index in [1.807, 2.05) is 0 Å². The molecule has 3 nitrogen and oxygen atoms in total. The first-order chi connectivity index (χ1) is 9.08. The van der Waals surface area contributed by atoms with E-state index in [0.29, 0.717) is 15.6 Å². The Morgan fingerprint density at radius 1 is 1.10 bits per heavy atom. The Bertz CT molecular complexity index is 591. The minimum Gasteiger partial charge on any atom is -0.458 e. The van der Waals surface area contributed by atoms with Crippen molar-refractivity contribution in [2.24, 2.45) is 5.41 Å². The van der Waals surface area contributed by atoms with E-state index in [2.05, 4.69) is 0 Å². The van der Waals surface area contributed by atoms with Gasteiger partial charge in [0.25, 0.3) is 0 Å². The Labute approximate surface area is 128 Å². The number of carbonyl (C=O) groups is 2. The van der Waals surface area contributed by atoms with Gasteiger partial charge in [-0.05, 0) is 45.4 Å². The lowest BCUT2D eigenvalue weighted by Crippen LogP contribution is -2.56. The second kappa shape index (κ2) is 4.74. The highest BCUT2D eigenvalue weighted by atomic mass is 35.5. The number of hydrogen-bond donors (Lipinski definition) is 0. The van der Waals surface area contributed by atoms with Gasteiger partial charge in [0.15, 0.2) is 5.78 Å². The van der Waals surface area contributed by atoms with E-state index >= 15 is 0 Å². The van der Waals surface area contributed by atoms with E-state index in [4.69, 9.17) is 27.9 Å². The highest BCUT2D eigenvalue weighted by Gasteiger charge is 2.55. The normalized spacial score (nSPS) is 24.4. The van der Waals surface area contributed by atoms with Gasteiger partial charge in [-0.15, -0.1) is 0 Å². The molecule has 0 saturated carbocycles. The van der Waals surface area contributed by atoms with Gasteiger partial charge < -0.3 is 4.74 Å². The number of carbonyl (C=O) groups excluding carboxylic acids is 2. The van der Waals surface area contributed by atoms with Crippen molar-refractivity contribution in [3.8, 4) is 0 Å². The molecule has 20 heavy (non-hydrogen) atoms. The average molecular weight is 315 g/mol. The zero-order chi connectivity index (χ0) is 15.3. The number of esters is 1. The molecule has 0 radical (unpaired) electrons. The van der Waals surface area contributed by atoms with Gasteiger partial charge in [-0.1, -0.05) is 29.3 Å². The van der Waals surface area contributed by atoms with E-state index < -0.39 is 22.9 Å². The zero-order valence-corrected chi connectivity index (χ0v) is 13.3. The summed E-state index contributed by atoms with van der Waals surface area (Å²) in [5.74, 6) is -1.76. The molecule has 2 rings (SSSR count). The van der Waals surface area contributed by atoms with Crippen molar-refractivity contribution < 1.29 is 14.3 Å². The predicted molar refractivity (Wildman–Crippen MR) is 78.2 cm³/mol. The van der Waals surface area contributed by atoms with Crippen molar-refractivity contribution >= 4 is 35.0 Å². The second-order valence-electron chi connectivity index (χ2n) is 6.02. The van der Waals surface area contributed by atoms with E-state index in [1.54, 1.807) is 39.8 Å². The van der Waals surface area contributed by atoms with Gasteiger partial charge in [-0.2, -0.15) is 0 Å². The molecular weight excluding hydrogens is 299 g/mol. The van der Waals surface area contributed by atoms with Crippen LogP contribution in [0.2, 0.25) is 10.0 Å². The van der Waals surface area contributed by atoms with Crippen LogP contribution in [0.25, 0.3) is 0 Å². The number of hydrogen-bond acceptors (Lipinski definition) is 3. The summed E-state index contributed by atoms with van der Waals surface area (Å²) in [6.45, 7) is 7.03. The van der Waals surface area contributed by atoms with E-state index in [-0.39, 0.29) is 5.78 Å². The minimum atomic E-state index is -0.997. The number of ether oxygens (including phenoxy) is 1. The Balaban J connectivity index is 2.52. The van der Waals surface area contributed by atoms with Crippen LogP contribution in [0.5, 0.6) is 0 Å². The fraction of sp³-hybridized carbons (Fsp3) is 0.467. The molecule has 1 fully saturated rings. The largest absolute Gasteiger partial charge is 0.458 e. The molecule has 5 heteroatoms. The predicted octanol–water partition coefficient (Wildman–Crippen LogP) is 4.01. The van der Waals surface area contributed by atoms with Crippen LogP contribution in [0.3, 0.4) is 0 Å². The van der Waals surface area contributed by atoms with Gasteiger partial charge in [0.1, 0.15) is 11.5 Å². The summed E-state index contributed by atoms with van der Waals surface area (Å²) in [4.78, 5) is 24.9. The summed E-state index contributed by atoms with van der Waals surface area (Å²) in [5.41, 5.74) is -1.21. The molecule has 1 aromatic rings.